The van der Waals surface area contributed by atoms with Crippen LogP contribution in [-0.4, -0.2) is 43.5 Å². The predicted octanol–water partition coefficient (Wildman–Crippen LogP) is 2.07. The Morgan fingerprint density at radius 1 is 1.37 bits per heavy atom. The molecule has 0 radical (unpaired) electrons. The Bertz CT molecular complexity index is 430. The van der Waals surface area contributed by atoms with Gasteiger partial charge in [-0.3, -0.25) is 4.79 Å². The monoisotopic (exact) mass is 325 g/mol. The molecule has 0 bridgehead atoms. The molecule has 1 aliphatic rings. The fraction of sp³-hybridized carbons (Fsp3) is 0.500. The van der Waals surface area contributed by atoms with Crippen LogP contribution in [0.5, 0.6) is 0 Å². The second kappa shape index (κ2) is 7.03. The van der Waals surface area contributed by atoms with E-state index in [-0.39, 0.29) is 5.91 Å². The van der Waals surface area contributed by atoms with Crippen molar-refractivity contribution in [3.05, 3.63) is 28.7 Å². The molecule has 1 amide bonds. The van der Waals surface area contributed by atoms with Gasteiger partial charge in [-0.05, 0) is 61.0 Å². The molecule has 4 nitrogen and oxygen atoms in total. The molecular weight excluding hydrogens is 306 g/mol. The number of nitrogens with zero attached hydrogens (tertiary/aromatic N) is 1. The third-order valence-electron chi connectivity index (χ3n) is 3.42. The molecule has 0 aliphatic carbocycles. The number of likely N-dealkylation sites (tertiary alicyclic amines) is 1. The van der Waals surface area contributed by atoms with Crippen LogP contribution in [0.4, 0.5) is 5.69 Å². The lowest BCUT2D eigenvalue weighted by atomic mass is 10.1. The minimum atomic E-state index is 0.00540. The number of carbonyl (C=O) groups excluding carboxylic acids is 1. The van der Waals surface area contributed by atoms with Crippen molar-refractivity contribution in [1.82, 2.24) is 10.2 Å². The summed E-state index contributed by atoms with van der Waals surface area (Å²) < 4.78 is 0.905. The molecular formula is C14H20BrN3O. The maximum absolute atomic E-state index is 11.9. The lowest BCUT2D eigenvalue weighted by molar-refractivity contribution is -0.115. The predicted molar refractivity (Wildman–Crippen MR) is 81.3 cm³/mol. The average molecular weight is 326 g/mol. The zero-order chi connectivity index (χ0) is 13.7. The molecule has 1 aliphatic heterocycles. The molecule has 1 aromatic rings. The van der Waals surface area contributed by atoms with Gasteiger partial charge in [0.05, 0.1) is 12.2 Å². The Hall–Kier alpha value is -0.910. The van der Waals surface area contributed by atoms with Crippen LogP contribution in [0.1, 0.15) is 12.8 Å². The molecule has 1 saturated heterocycles. The van der Waals surface area contributed by atoms with E-state index in [0.29, 0.717) is 12.6 Å². The molecule has 0 aromatic heterocycles. The van der Waals surface area contributed by atoms with Crippen molar-refractivity contribution in [2.75, 3.05) is 32.0 Å². The first-order chi connectivity index (χ1) is 9.15. The number of hydrogen-bond donors (Lipinski definition) is 2. The van der Waals surface area contributed by atoms with E-state index >= 15 is 0 Å². The Labute approximate surface area is 122 Å². The number of halogens is 1. The van der Waals surface area contributed by atoms with Gasteiger partial charge in [-0.15, -0.1) is 0 Å². The van der Waals surface area contributed by atoms with Crippen LogP contribution in [0.25, 0.3) is 0 Å². The van der Waals surface area contributed by atoms with Gasteiger partial charge in [-0.25, -0.2) is 0 Å². The summed E-state index contributed by atoms with van der Waals surface area (Å²) in [5, 5.41) is 6.23. The van der Waals surface area contributed by atoms with Crippen LogP contribution in [-0.2, 0) is 4.79 Å². The molecule has 0 spiro atoms. The number of benzene rings is 1. The quantitative estimate of drug-likeness (QED) is 0.890. The topological polar surface area (TPSA) is 44.4 Å². The molecule has 0 unspecified atom stereocenters. The van der Waals surface area contributed by atoms with Crippen LogP contribution >= 0.6 is 15.9 Å². The zero-order valence-corrected chi connectivity index (χ0v) is 12.7. The number of carbonyl (C=O) groups is 1. The summed E-state index contributed by atoms with van der Waals surface area (Å²) in [4.78, 5) is 14.2. The minimum absolute atomic E-state index is 0.00540. The van der Waals surface area contributed by atoms with Crippen LogP contribution in [0.3, 0.4) is 0 Å². The van der Waals surface area contributed by atoms with E-state index in [9.17, 15) is 4.79 Å². The van der Waals surface area contributed by atoms with Crippen molar-refractivity contribution in [3.8, 4) is 0 Å². The number of amides is 1. The molecule has 0 saturated carbocycles. The SMILES string of the molecule is CN1CCC(NCC(=O)Nc2ccccc2Br)CC1. The Balaban J connectivity index is 1.74. The molecule has 19 heavy (non-hydrogen) atoms. The summed E-state index contributed by atoms with van der Waals surface area (Å²) in [5.74, 6) is 0.00540. The smallest absolute Gasteiger partial charge is 0.238 e. The molecule has 1 aromatic carbocycles. The Kier molecular flexibility index (Phi) is 5.36. The van der Waals surface area contributed by atoms with Crippen LogP contribution < -0.4 is 10.6 Å². The van der Waals surface area contributed by atoms with Gasteiger partial charge in [0, 0.05) is 10.5 Å². The highest BCUT2D eigenvalue weighted by atomic mass is 79.9. The number of rotatable bonds is 4. The molecule has 1 heterocycles. The van der Waals surface area contributed by atoms with E-state index in [0.717, 1.165) is 36.1 Å². The zero-order valence-electron chi connectivity index (χ0n) is 11.2. The van der Waals surface area contributed by atoms with E-state index in [1.807, 2.05) is 24.3 Å². The van der Waals surface area contributed by atoms with Gasteiger partial charge in [-0.2, -0.15) is 0 Å². The Morgan fingerprint density at radius 2 is 2.05 bits per heavy atom. The molecule has 0 atom stereocenters. The first kappa shape index (κ1) is 14.5. The lowest BCUT2D eigenvalue weighted by Crippen LogP contribution is -2.43. The summed E-state index contributed by atoms with van der Waals surface area (Å²) in [6.45, 7) is 2.57. The summed E-state index contributed by atoms with van der Waals surface area (Å²) in [6.07, 6.45) is 2.22. The summed E-state index contributed by atoms with van der Waals surface area (Å²) in [7, 11) is 2.13. The average Bonchev–Trinajstić information content (AvgIpc) is 2.41. The first-order valence-electron chi connectivity index (χ1n) is 6.61. The fourth-order valence-electron chi connectivity index (χ4n) is 2.21. The van der Waals surface area contributed by atoms with Gasteiger partial charge in [0.2, 0.25) is 5.91 Å². The van der Waals surface area contributed by atoms with Gasteiger partial charge in [-0.1, -0.05) is 12.1 Å². The highest BCUT2D eigenvalue weighted by Crippen LogP contribution is 2.20. The second-order valence-electron chi connectivity index (χ2n) is 4.99. The van der Waals surface area contributed by atoms with Gasteiger partial charge in [0.1, 0.15) is 0 Å². The minimum Gasteiger partial charge on any atom is -0.324 e. The van der Waals surface area contributed by atoms with Crippen LogP contribution in [0, 0.1) is 0 Å². The van der Waals surface area contributed by atoms with Crippen molar-refractivity contribution in [3.63, 3.8) is 0 Å². The van der Waals surface area contributed by atoms with Gasteiger partial charge >= 0.3 is 0 Å². The second-order valence-corrected chi connectivity index (χ2v) is 5.84. The normalized spacial score (nSPS) is 17.4. The van der Waals surface area contributed by atoms with Crippen molar-refractivity contribution < 1.29 is 4.79 Å². The first-order valence-corrected chi connectivity index (χ1v) is 7.41. The van der Waals surface area contributed by atoms with Gasteiger partial charge in [0.25, 0.3) is 0 Å². The van der Waals surface area contributed by atoms with E-state index in [2.05, 4.69) is 38.5 Å². The van der Waals surface area contributed by atoms with E-state index in [4.69, 9.17) is 0 Å². The maximum Gasteiger partial charge on any atom is 0.238 e. The molecule has 1 fully saturated rings. The third-order valence-corrected chi connectivity index (χ3v) is 4.11. The van der Waals surface area contributed by atoms with E-state index in [1.165, 1.54) is 0 Å². The molecule has 2 rings (SSSR count). The van der Waals surface area contributed by atoms with Crippen molar-refractivity contribution in [1.29, 1.82) is 0 Å². The Morgan fingerprint density at radius 3 is 2.74 bits per heavy atom. The number of piperidine rings is 1. The number of para-hydroxylation sites is 1. The van der Waals surface area contributed by atoms with E-state index in [1.54, 1.807) is 0 Å². The number of anilines is 1. The van der Waals surface area contributed by atoms with Crippen molar-refractivity contribution >= 4 is 27.5 Å². The van der Waals surface area contributed by atoms with E-state index < -0.39 is 0 Å². The summed E-state index contributed by atoms with van der Waals surface area (Å²) in [5.41, 5.74) is 0.817. The maximum atomic E-state index is 11.9. The lowest BCUT2D eigenvalue weighted by Gasteiger charge is -2.29. The summed E-state index contributed by atoms with van der Waals surface area (Å²) in [6, 6.07) is 8.10. The molecule has 2 N–H and O–H groups in total. The number of nitrogens with one attached hydrogen (secondary N) is 2. The molecule has 104 valence electrons. The van der Waals surface area contributed by atoms with Crippen molar-refractivity contribution in [2.24, 2.45) is 0 Å². The fourth-order valence-corrected chi connectivity index (χ4v) is 2.59. The standard InChI is InChI=1S/C14H20BrN3O/c1-18-8-6-11(7-9-18)16-10-14(19)17-13-5-3-2-4-12(13)15/h2-5,11,16H,6-10H2,1H3,(H,17,19). The highest BCUT2D eigenvalue weighted by Gasteiger charge is 2.16. The van der Waals surface area contributed by atoms with Gasteiger partial charge < -0.3 is 15.5 Å². The van der Waals surface area contributed by atoms with Gasteiger partial charge in [0.15, 0.2) is 0 Å². The highest BCUT2D eigenvalue weighted by molar-refractivity contribution is 9.10. The summed E-state index contributed by atoms with van der Waals surface area (Å²) >= 11 is 3.42. The molecule has 5 heteroatoms. The van der Waals surface area contributed by atoms with Crippen LogP contribution in [0.2, 0.25) is 0 Å². The van der Waals surface area contributed by atoms with Crippen molar-refractivity contribution in [2.45, 2.75) is 18.9 Å². The third kappa shape index (κ3) is 4.60. The van der Waals surface area contributed by atoms with Crippen LogP contribution in [0.15, 0.2) is 28.7 Å². The largest absolute Gasteiger partial charge is 0.324 e. The number of hydrogen-bond acceptors (Lipinski definition) is 3.